The van der Waals surface area contributed by atoms with Gasteiger partial charge in [0.1, 0.15) is 11.9 Å². The summed E-state index contributed by atoms with van der Waals surface area (Å²) >= 11 is 0. The number of carbonyl (C=O) groups is 3. The van der Waals surface area contributed by atoms with Gasteiger partial charge in [-0.2, -0.15) is 0 Å². The van der Waals surface area contributed by atoms with Crippen molar-refractivity contribution in [3.8, 4) is 5.75 Å². The molecule has 0 aromatic heterocycles. The van der Waals surface area contributed by atoms with Gasteiger partial charge in [-0.25, -0.2) is 0 Å². The van der Waals surface area contributed by atoms with Crippen molar-refractivity contribution in [3.05, 3.63) is 52.6 Å². The van der Waals surface area contributed by atoms with E-state index in [0.29, 0.717) is 10.8 Å². The van der Waals surface area contributed by atoms with Crippen molar-refractivity contribution >= 4 is 28.1 Å². The molecular weight excluding hydrogens is 336 g/mol. The number of ether oxygens (including phenoxy) is 2. The molecule has 0 saturated carbocycles. The van der Waals surface area contributed by atoms with Crippen LogP contribution in [-0.4, -0.2) is 42.0 Å². The highest BCUT2D eigenvalue weighted by Crippen LogP contribution is 2.42. The second kappa shape index (κ2) is 5.86. The molecule has 1 aliphatic heterocycles. The standard InChI is InChI=1S/C20H16O6/c1-9(21)14-8-13-16(20(25-2)26-14)19(24)15-12(17(13)22)7-10-5-3-4-6-11(10)18(15)23/h3-7,14,20,23H,8H2,1-2H3/t14-,20-/m1/s1. The van der Waals surface area contributed by atoms with Crippen LogP contribution in [0.15, 0.2) is 41.5 Å². The first-order valence-corrected chi connectivity index (χ1v) is 8.20. The molecule has 1 aliphatic carbocycles. The third-order valence-electron chi connectivity index (χ3n) is 4.92. The minimum Gasteiger partial charge on any atom is -0.507 e. The van der Waals surface area contributed by atoms with Crippen LogP contribution in [0, 0.1) is 0 Å². The fraction of sp³-hybridized carbons (Fsp3) is 0.250. The van der Waals surface area contributed by atoms with Crippen molar-refractivity contribution in [3.63, 3.8) is 0 Å². The van der Waals surface area contributed by atoms with Gasteiger partial charge >= 0.3 is 0 Å². The van der Waals surface area contributed by atoms with Crippen LogP contribution < -0.4 is 0 Å². The van der Waals surface area contributed by atoms with Crippen molar-refractivity contribution in [2.75, 3.05) is 7.11 Å². The molecule has 1 heterocycles. The largest absolute Gasteiger partial charge is 0.507 e. The Bertz CT molecular complexity index is 1020. The Morgan fingerprint density at radius 2 is 1.96 bits per heavy atom. The Labute approximate surface area is 149 Å². The third-order valence-corrected chi connectivity index (χ3v) is 4.92. The van der Waals surface area contributed by atoms with Crippen LogP contribution in [0.3, 0.4) is 0 Å². The summed E-state index contributed by atoms with van der Waals surface area (Å²) in [7, 11) is 1.34. The number of ketones is 3. The van der Waals surface area contributed by atoms with Gasteiger partial charge in [0.2, 0.25) is 0 Å². The maximum atomic E-state index is 13.1. The molecule has 2 aromatic carbocycles. The quantitative estimate of drug-likeness (QED) is 0.893. The molecule has 26 heavy (non-hydrogen) atoms. The number of hydrogen-bond donors (Lipinski definition) is 1. The summed E-state index contributed by atoms with van der Waals surface area (Å²) < 4.78 is 10.8. The molecule has 0 amide bonds. The fourth-order valence-electron chi connectivity index (χ4n) is 3.61. The Kier molecular flexibility index (Phi) is 3.75. The lowest BCUT2D eigenvalue weighted by molar-refractivity contribution is -0.158. The monoisotopic (exact) mass is 352 g/mol. The molecule has 4 rings (SSSR count). The molecule has 2 aromatic rings. The molecule has 0 radical (unpaired) electrons. The molecule has 0 spiro atoms. The summed E-state index contributed by atoms with van der Waals surface area (Å²) in [4.78, 5) is 37.9. The van der Waals surface area contributed by atoms with E-state index in [1.165, 1.54) is 14.0 Å². The number of benzene rings is 2. The average molecular weight is 352 g/mol. The van der Waals surface area contributed by atoms with Crippen molar-refractivity contribution in [2.24, 2.45) is 0 Å². The Morgan fingerprint density at radius 1 is 1.23 bits per heavy atom. The Hall–Kier alpha value is -2.83. The van der Waals surface area contributed by atoms with Gasteiger partial charge in [-0.1, -0.05) is 24.3 Å². The van der Waals surface area contributed by atoms with E-state index >= 15 is 0 Å². The molecule has 6 heteroatoms. The van der Waals surface area contributed by atoms with Crippen LogP contribution >= 0.6 is 0 Å². The van der Waals surface area contributed by atoms with E-state index in [1.807, 2.05) is 0 Å². The van der Waals surface area contributed by atoms with Gasteiger partial charge in [0, 0.05) is 30.1 Å². The van der Waals surface area contributed by atoms with Crippen LogP contribution in [0.25, 0.3) is 10.8 Å². The van der Waals surface area contributed by atoms with Crippen molar-refractivity contribution in [1.29, 1.82) is 0 Å². The highest BCUT2D eigenvalue weighted by molar-refractivity contribution is 6.30. The lowest BCUT2D eigenvalue weighted by Gasteiger charge is -2.34. The number of hydrogen-bond acceptors (Lipinski definition) is 6. The van der Waals surface area contributed by atoms with E-state index < -0.39 is 18.2 Å². The summed E-state index contributed by atoms with van der Waals surface area (Å²) in [6.07, 6.45) is -1.95. The lowest BCUT2D eigenvalue weighted by atomic mass is 9.78. The highest BCUT2D eigenvalue weighted by Gasteiger charge is 2.44. The Balaban J connectivity index is 1.96. The number of fused-ring (bicyclic) bond motifs is 2. The van der Waals surface area contributed by atoms with E-state index in [2.05, 4.69) is 0 Å². The summed E-state index contributed by atoms with van der Waals surface area (Å²) in [5.74, 6) is -1.36. The van der Waals surface area contributed by atoms with Gasteiger partial charge in [0.05, 0.1) is 11.1 Å². The minimum atomic E-state index is -1.12. The van der Waals surface area contributed by atoms with Crippen LogP contribution in [0.4, 0.5) is 0 Å². The molecule has 0 saturated heterocycles. The molecule has 0 fully saturated rings. The number of rotatable bonds is 2. The van der Waals surface area contributed by atoms with Crippen LogP contribution in [0.5, 0.6) is 5.75 Å². The van der Waals surface area contributed by atoms with Gasteiger partial charge in [-0.05, 0) is 18.4 Å². The van der Waals surface area contributed by atoms with Gasteiger partial charge in [0.15, 0.2) is 23.6 Å². The van der Waals surface area contributed by atoms with Gasteiger partial charge in [0.25, 0.3) is 0 Å². The predicted octanol–water partition coefficient (Wildman–Crippen LogP) is 2.57. The number of Topliss-reactive ketones (excluding diaryl/α,β-unsaturated/α-hetero) is 3. The summed E-state index contributed by atoms with van der Waals surface area (Å²) in [6, 6.07) is 8.58. The van der Waals surface area contributed by atoms with E-state index in [9.17, 15) is 19.5 Å². The summed E-state index contributed by atoms with van der Waals surface area (Å²) in [5.41, 5.74) is 0.381. The van der Waals surface area contributed by atoms with Crippen molar-refractivity contribution < 1.29 is 29.0 Å². The molecule has 6 nitrogen and oxygen atoms in total. The molecule has 132 valence electrons. The summed E-state index contributed by atoms with van der Waals surface area (Å²) in [6.45, 7) is 1.37. The number of aromatic hydroxyl groups is 1. The fourth-order valence-corrected chi connectivity index (χ4v) is 3.61. The van der Waals surface area contributed by atoms with E-state index in [0.717, 1.165) is 0 Å². The molecule has 0 bridgehead atoms. The summed E-state index contributed by atoms with van der Waals surface area (Å²) in [5, 5.41) is 11.8. The first-order chi connectivity index (χ1) is 12.4. The van der Waals surface area contributed by atoms with Crippen molar-refractivity contribution in [2.45, 2.75) is 25.7 Å². The zero-order valence-electron chi connectivity index (χ0n) is 14.2. The number of phenols is 1. The SMILES string of the molecule is CO[C@@H]1O[C@@H](C(C)=O)CC2=C1C(=O)c1c(cc3ccccc3c1O)C2=O. The van der Waals surface area contributed by atoms with Gasteiger partial charge < -0.3 is 14.6 Å². The molecular formula is C20H16O6. The Morgan fingerprint density at radius 3 is 2.65 bits per heavy atom. The van der Waals surface area contributed by atoms with E-state index in [1.54, 1.807) is 30.3 Å². The predicted molar refractivity (Wildman–Crippen MR) is 92.3 cm³/mol. The van der Waals surface area contributed by atoms with Crippen LogP contribution in [-0.2, 0) is 14.3 Å². The number of phenolic OH excluding ortho intramolecular Hbond substituents is 1. The molecule has 2 aliphatic rings. The zero-order valence-corrected chi connectivity index (χ0v) is 14.2. The maximum absolute atomic E-state index is 13.1. The van der Waals surface area contributed by atoms with Crippen LogP contribution in [0.2, 0.25) is 0 Å². The topological polar surface area (TPSA) is 89.9 Å². The number of carbonyl (C=O) groups excluding carboxylic acids is 3. The lowest BCUT2D eigenvalue weighted by Crippen LogP contribution is -2.41. The zero-order chi connectivity index (χ0) is 18.6. The van der Waals surface area contributed by atoms with Crippen LogP contribution in [0.1, 0.15) is 34.1 Å². The van der Waals surface area contributed by atoms with E-state index in [-0.39, 0.29) is 46.0 Å². The van der Waals surface area contributed by atoms with Crippen molar-refractivity contribution in [1.82, 2.24) is 0 Å². The molecule has 1 N–H and O–H groups in total. The highest BCUT2D eigenvalue weighted by atomic mass is 16.7. The smallest absolute Gasteiger partial charge is 0.199 e. The third kappa shape index (κ3) is 2.23. The van der Waals surface area contributed by atoms with Gasteiger partial charge in [-0.15, -0.1) is 0 Å². The second-order valence-electron chi connectivity index (χ2n) is 6.43. The van der Waals surface area contributed by atoms with Gasteiger partial charge in [-0.3, -0.25) is 14.4 Å². The second-order valence-corrected chi connectivity index (χ2v) is 6.43. The normalized spacial score (nSPS) is 22.4. The first kappa shape index (κ1) is 16.6. The van der Waals surface area contributed by atoms with E-state index in [4.69, 9.17) is 9.47 Å². The molecule has 2 atom stereocenters. The first-order valence-electron chi connectivity index (χ1n) is 8.20. The average Bonchev–Trinajstić information content (AvgIpc) is 2.64. The minimum absolute atomic E-state index is 0.0160. The molecule has 0 unspecified atom stereocenters. The maximum Gasteiger partial charge on any atom is 0.199 e. The number of methoxy groups -OCH3 is 1.